The number of anilines is 6. The molecule has 0 spiro atoms. The first-order valence-electron chi connectivity index (χ1n) is 34.8. The summed E-state index contributed by atoms with van der Waals surface area (Å²) in [4.78, 5) is 4.99. The Morgan fingerprint density at radius 2 is 0.480 bits per heavy atom. The molecule has 0 unspecified atom stereocenters. The molecule has 0 saturated heterocycles. The first-order chi connectivity index (χ1) is 47.6. The third kappa shape index (κ3) is 9.29. The van der Waals surface area contributed by atoms with Gasteiger partial charge in [-0.3, -0.25) is 0 Å². The highest BCUT2D eigenvalue weighted by Crippen LogP contribution is 2.57. The van der Waals surface area contributed by atoms with Crippen molar-refractivity contribution in [3.63, 3.8) is 0 Å². The van der Waals surface area contributed by atoms with Crippen molar-refractivity contribution in [3.05, 3.63) is 358 Å². The molecule has 4 aliphatic carbocycles. The first-order valence-corrected chi connectivity index (χ1v) is 34.8. The van der Waals surface area contributed by atoms with E-state index >= 15 is 0 Å². The molecule has 0 saturated carbocycles. The van der Waals surface area contributed by atoms with E-state index < -0.39 is 0 Å². The lowest BCUT2D eigenvalue weighted by Crippen LogP contribution is -2.18. The molecule has 0 heterocycles. The van der Waals surface area contributed by atoms with Crippen LogP contribution >= 0.6 is 0 Å². The molecule has 2 nitrogen and oxygen atoms in total. The van der Waals surface area contributed by atoms with Gasteiger partial charge >= 0.3 is 0 Å². The van der Waals surface area contributed by atoms with Gasteiger partial charge in [0, 0.05) is 55.2 Å². The van der Waals surface area contributed by atoms with Crippen molar-refractivity contribution in [3.8, 4) is 55.6 Å². The molecule has 0 N–H and O–H groups in total. The minimum Gasteiger partial charge on any atom is -0.310 e. The molecule has 0 aliphatic heterocycles. The lowest BCUT2D eigenvalue weighted by Gasteiger charge is -2.30. The summed E-state index contributed by atoms with van der Waals surface area (Å²) >= 11 is 0. The van der Waals surface area contributed by atoms with Gasteiger partial charge in [-0.1, -0.05) is 310 Å². The lowest BCUT2D eigenvalue weighted by atomic mass is 9.81. The molecule has 4 aliphatic rings. The van der Waals surface area contributed by atoms with Crippen LogP contribution in [0, 0.1) is 0 Å². The van der Waals surface area contributed by atoms with Gasteiger partial charge < -0.3 is 9.80 Å². The van der Waals surface area contributed by atoms with Crippen LogP contribution < -0.4 is 9.80 Å². The quantitative estimate of drug-likeness (QED) is 0.119. The van der Waals surface area contributed by atoms with E-state index in [1.165, 1.54) is 167 Å². The van der Waals surface area contributed by atoms with Crippen LogP contribution in [0.2, 0.25) is 0 Å². The summed E-state index contributed by atoms with van der Waals surface area (Å²) in [6.45, 7) is 19.1. The molecule has 0 aromatic heterocycles. The maximum absolute atomic E-state index is 2.49. The van der Waals surface area contributed by atoms with E-state index in [-0.39, 0.29) is 21.7 Å². The highest BCUT2D eigenvalue weighted by Gasteiger charge is 2.41. The molecule has 470 valence electrons. The standard InChI is InChI=1S/C96H76N2/c1-93(2)83-27-15-13-25-75(83)79-51-45-69(57-87(79)93)97(91-29-17-21-67-19-9-11-23-73(67)91)71-47-53-81-77-49-39-63(55-85(77)95(5,6)89(81)59-71)33-31-61-35-41-65(42-36-61)66-43-37-62(38-44-66)32-34-64-40-50-78-82-54-48-72(60-90(82)96(7,8)86(78)56-64)98(92-30-18-22-68-20-10-12-24-74(68)92)70-46-52-80-76-26-14-16-28-84(76)94(3,4)88(80)58-70/h9-60H,1-8H3/b33-31+,34-32+. The van der Waals surface area contributed by atoms with Crippen molar-refractivity contribution in [2.24, 2.45) is 0 Å². The molecule has 0 fully saturated rings. The van der Waals surface area contributed by atoms with Gasteiger partial charge in [-0.15, -0.1) is 0 Å². The highest BCUT2D eigenvalue weighted by molar-refractivity contribution is 6.02. The van der Waals surface area contributed by atoms with Crippen molar-refractivity contribution in [2.45, 2.75) is 77.0 Å². The number of rotatable bonds is 11. The number of fused-ring (bicyclic) bond motifs is 14. The molecule has 2 heteroatoms. The van der Waals surface area contributed by atoms with Crippen molar-refractivity contribution >= 4 is 80.0 Å². The molecule has 18 rings (SSSR count). The van der Waals surface area contributed by atoms with E-state index in [9.17, 15) is 0 Å². The van der Waals surface area contributed by atoms with Crippen LogP contribution in [-0.2, 0) is 21.7 Å². The van der Waals surface area contributed by atoms with Crippen LogP contribution in [0.3, 0.4) is 0 Å². The average molecular weight is 1260 g/mol. The fraction of sp³-hybridized carbons (Fsp3) is 0.125. The van der Waals surface area contributed by atoms with Gasteiger partial charge in [0.1, 0.15) is 0 Å². The van der Waals surface area contributed by atoms with Gasteiger partial charge in [0.2, 0.25) is 0 Å². The number of hydrogen-bond acceptors (Lipinski definition) is 2. The summed E-state index contributed by atoms with van der Waals surface area (Å²) in [5, 5.41) is 4.92. The zero-order chi connectivity index (χ0) is 66.4. The monoisotopic (exact) mass is 1260 g/mol. The third-order valence-electron chi connectivity index (χ3n) is 22.6. The number of hydrogen-bond donors (Lipinski definition) is 0. The molecular formula is C96H76N2. The molecule has 14 aromatic rings. The maximum Gasteiger partial charge on any atom is 0.0540 e. The molecule has 0 bridgehead atoms. The fourth-order valence-corrected chi connectivity index (χ4v) is 17.3. The summed E-state index contributed by atoms with van der Waals surface area (Å²) < 4.78 is 0. The largest absolute Gasteiger partial charge is 0.310 e. The summed E-state index contributed by atoms with van der Waals surface area (Å²) in [6, 6.07) is 109. The Bertz CT molecular complexity index is 5330. The normalized spacial score (nSPS) is 15.0. The van der Waals surface area contributed by atoms with E-state index in [1.807, 2.05) is 0 Å². The topological polar surface area (TPSA) is 6.48 Å². The zero-order valence-electron chi connectivity index (χ0n) is 56.9. The van der Waals surface area contributed by atoms with Gasteiger partial charge in [-0.05, 0) is 194 Å². The van der Waals surface area contributed by atoms with Crippen LogP contribution in [0.25, 0.3) is 101 Å². The zero-order valence-corrected chi connectivity index (χ0v) is 56.9. The van der Waals surface area contributed by atoms with Gasteiger partial charge in [-0.2, -0.15) is 0 Å². The minimum atomic E-state index is -0.219. The van der Waals surface area contributed by atoms with E-state index in [0.717, 1.165) is 11.4 Å². The van der Waals surface area contributed by atoms with E-state index in [2.05, 4.69) is 381 Å². The van der Waals surface area contributed by atoms with Crippen molar-refractivity contribution in [1.29, 1.82) is 0 Å². The van der Waals surface area contributed by atoms with Crippen molar-refractivity contribution in [2.75, 3.05) is 9.80 Å². The highest BCUT2D eigenvalue weighted by atomic mass is 15.2. The number of benzene rings is 14. The molecule has 0 amide bonds. The second-order valence-corrected chi connectivity index (χ2v) is 29.7. The lowest BCUT2D eigenvalue weighted by molar-refractivity contribution is 0.659. The first kappa shape index (κ1) is 59.2. The molecule has 14 aromatic carbocycles. The molecular weight excluding hydrogens is 1180 g/mol. The Hall–Kier alpha value is -11.3. The molecule has 0 radical (unpaired) electrons. The van der Waals surface area contributed by atoms with Gasteiger partial charge in [0.05, 0.1) is 11.4 Å². The minimum absolute atomic E-state index is 0.117. The molecule has 98 heavy (non-hydrogen) atoms. The van der Waals surface area contributed by atoms with Crippen molar-refractivity contribution in [1.82, 2.24) is 0 Å². The van der Waals surface area contributed by atoms with Gasteiger partial charge in [0.15, 0.2) is 0 Å². The molecule has 0 atom stereocenters. The van der Waals surface area contributed by atoms with Crippen LogP contribution in [-0.4, -0.2) is 0 Å². The Morgan fingerprint density at radius 3 is 0.847 bits per heavy atom. The SMILES string of the molecule is CC1(C)c2ccccc2-c2ccc(N(c3ccc4c(c3)C(C)(C)c3cc(/C=C/c5ccc(-c6ccc(/C=C/c7ccc8c(c7)C(C)(C)c7cc(N(c9ccc%10c(c9)C(C)(C)c9ccccc9-%10)c9cccc%10ccccc9%10)ccc7-8)cc6)cc5)ccc3-4)c3cccc4ccccc34)cc21. The Kier molecular flexibility index (Phi) is 13.4. The van der Waals surface area contributed by atoms with Crippen LogP contribution in [0.1, 0.15) is 122 Å². The second kappa shape index (κ2) is 22.1. The summed E-state index contributed by atoms with van der Waals surface area (Å²) in [6.07, 6.45) is 9.03. The Morgan fingerprint density at radius 1 is 0.214 bits per heavy atom. The summed E-state index contributed by atoms with van der Waals surface area (Å²) in [7, 11) is 0. The van der Waals surface area contributed by atoms with Crippen LogP contribution in [0.15, 0.2) is 291 Å². The predicted octanol–water partition coefficient (Wildman–Crippen LogP) is 26.2. The fourth-order valence-electron chi connectivity index (χ4n) is 17.3. The van der Waals surface area contributed by atoms with Crippen molar-refractivity contribution < 1.29 is 0 Å². The van der Waals surface area contributed by atoms with E-state index in [4.69, 9.17) is 0 Å². The predicted molar refractivity (Wildman–Crippen MR) is 417 cm³/mol. The maximum atomic E-state index is 2.49. The third-order valence-corrected chi connectivity index (χ3v) is 22.6. The average Bonchev–Trinajstić information content (AvgIpc) is 1.57. The Balaban J connectivity index is 0.572. The van der Waals surface area contributed by atoms with E-state index in [1.54, 1.807) is 0 Å². The second-order valence-electron chi connectivity index (χ2n) is 29.7. The van der Waals surface area contributed by atoms with Crippen LogP contribution in [0.5, 0.6) is 0 Å². The van der Waals surface area contributed by atoms with Gasteiger partial charge in [-0.25, -0.2) is 0 Å². The summed E-state index contributed by atoms with van der Waals surface area (Å²) in [5.74, 6) is 0. The van der Waals surface area contributed by atoms with E-state index in [0.29, 0.717) is 0 Å². The number of nitrogens with zero attached hydrogens (tertiary/aromatic N) is 2. The Labute approximate surface area is 576 Å². The summed E-state index contributed by atoms with van der Waals surface area (Å²) in [5.41, 5.74) is 34.9. The van der Waals surface area contributed by atoms with Gasteiger partial charge in [0.25, 0.3) is 0 Å². The smallest absolute Gasteiger partial charge is 0.0540 e. The van der Waals surface area contributed by atoms with Crippen LogP contribution in [0.4, 0.5) is 34.1 Å².